The number of hydrogen-bond acceptors (Lipinski definition) is 6. The first-order chi connectivity index (χ1) is 11.2. The average molecular weight is 394 g/mol. The Bertz CT molecular complexity index is 839. The van der Waals surface area contributed by atoms with Gasteiger partial charge in [0.25, 0.3) is 0 Å². The molecule has 6 nitrogen and oxygen atoms in total. The van der Waals surface area contributed by atoms with Crippen LogP contribution in [0, 0.1) is 0 Å². The standard InChI is InChI=1S/C15H12BrN3O3S/c1-21-12-10(16)7-11-13(18-12)23-14(17-11)19-15(20)22-8-9-5-3-2-4-6-9/h2-7H,8H2,1H3,(H,17,19,20). The third-order valence-corrected chi connectivity index (χ3v) is 4.37. The summed E-state index contributed by atoms with van der Waals surface area (Å²) in [6.45, 7) is 0.204. The van der Waals surface area contributed by atoms with Gasteiger partial charge in [-0.2, -0.15) is 4.98 Å². The summed E-state index contributed by atoms with van der Waals surface area (Å²) in [6.07, 6.45) is -0.557. The van der Waals surface area contributed by atoms with Crippen LogP contribution in [0.2, 0.25) is 0 Å². The number of methoxy groups -OCH3 is 1. The first-order valence-electron chi connectivity index (χ1n) is 6.64. The zero-order chi connectivity index (χ0) is 16.2. The summed E-state index contributed by atoms with van der Waals surface area (Å²) >= 11 is 4.60. The van der Waals surface area contributed by atoms with Crippen LogP contribution in [0.5, 0.6) is 5.88 Å². The van der Waals surface area contributed by atoms with Crippen LogP contribution in [0.1, 0.15) is 5.56 Å². The molecule has 0 aliphatic carbocycles. The van der Waals surface area contributed by atoms with Gasteiger partial charge in [0, 0.05) is 0 Å². The van der Waals surface area contributed by atoms with Crippen molar-refractivity contribution in [3.05, 3.63) is 46.4 Å². The zero-order valence-electron chi connectivity index (χ0n) is 12.1. The first kappa shape index (κ1) is 15.7. The van der Waals surface area contributed by atoms with Crippen LogP contribution in [0.15, 0.2) is 40.9 Å². The number of anilines is 1. The zero-order valence-corrected chi connectivity index (χ0v) is 14.5. The topological polar surface area (TPSA) is 73.3 Å². The monoisotopic (exact) mass is 393 g/mol. The van der Waals surface area contributed by atoms with Crippen molar-refractivity contribution in [1.29, 1.82) is 0 Å². The molecule has 8 heteroatoms. The predicted octanol–water partition coefficient (Wildman–Crippen LogP) is 4.21. The number of nitrogens with one attached hydrogen (secondary N) is 1. The van der Waals surface area contributed by atoms with E-state index in [-0.39, 0.29) is 6.61 Å². The molecule has 1 amide bonds. The molecule has 1 N–H and O–H groups in total. The van der Waals surface area contributed by atoms with Gasteiger partial charge in [-0.3, -0.25) is 5.32 Å². The molecule has 0 radical (unpaired) electrons. The Kier molecular flexibility index (Phi) is 4.73. The molecule has 0 unspecified atom stereocenters. The minimum Gasteiger partial charge on any atom is -0.480 e. The second-order valence-corrected chi connectivity index (χ2v) is 6.34. The Labute approximate surface area is 144 Å². The highest BCUT2D eigenvalue weighted by atomic mass is 79.9. The van der Waals surface area contributed by atoms with Crippen LogP contribution in [0.3, 0.4) is 0 Å². The van der Waals surface area contributed by atoms with E-state index in [4.69, 9.17) is 9.47 Å². The predicted molar refractivity (Wildman–Crippen MR) is 91.9 cm³/mol. The summed E-state index contributed by atoms with van der Waals surface area (Å²) in [6, 6.07) is 11.3. The number of benzene rings is 1. The molecule has 0 saturated carbocycles. The van der Waals surface area contributed by atoms with Crippen molar-refractivity contribution < 1.29 is 14.3 Å². The number of rotatable bonds is 4. The number of fused-ring (bicyclic) bond motifs is 1. The van der Waals surface area contributed by atoms with Crippen LogP contribution in [0.25, 0.3) is 10.3 Å². The van der Waals surface area contributed by atoms with Crippen LogP contribution in [-0.2, 0) is 11.3 Å². The van der Waals surface area contributed by atoms with Gasteiger partial charge in [0.15, 0.2) is 5.13 Å². The number of halogens is 1. The molecule has 2 aromatic heterocycles. The molecule has 2 heterocycles. The number of hydrogen-bond donors (Lipinski definition) is 1. The highest BCUT2D eigenvalue weighted by Crippen LogP contribution is 2.31. The smallest absolute Gasteiger partial charge is 0.413 e. The fraction of sp³-hybridized carbons (Fsp3) is 0.133. The van der Waals surface area contributed by atoms with Gasteiger partial charge in [-0.15, -0.1) is 0 Å². The summed E-state index contributed by atoms with van der Waals surface area (Å²) in [5.41, 5.74) is 1.59. The molecular weight excluding hydrogens is 382 g/mol. The number of amides is 1. The summed E-state index contributed by atoms with van der Waals surface area (Å²) < 4.78 is 11.0. The van der Waals surface area contributed by atoms with Crippen molar-refractivity contribution in [3.63, 3.8) is 0 Å². The average Bonchev–Trinajstić information content (AvgIpc) is 2.94. The lowest BCUT2D eigenvalue weighted by Gasteiger charge is -2.04. The van der Waals surface area contributed by atoms with Crippen molar-refractivity contribution in [2.45, 2.75) is 6.61 Å². The minimum absolute atomic E-state index is 0.204. The molecule has 0 aliphatic rings. The molecule has 0 atom stereocenters. The van der Waals surface area contributed by atoms with Crippen LogP contribution in [0.4, 0.5) is 9.93 Å². The normalized spacial score (nSPS) is 10.5. The lowest BCUT2D eigenvalue weighted by molar-refractivity contribution is 0.155. The lowest BCUT2D eigenvalue weighted by atomic mass is 10.2. The summed E-state index contributed by atoms with van der Waals surface area (Å²) in [4.78, 5) is 21.1. The summed E-state index contributed by atoms with van der Waals surface area (Å²) in [5.74, 6) is 0.472. The summed E-state index contributed by atoms with van der Waals surface area (Å²) in [7, 11) is 1.54. The Morgan fingerprint density at radius 3 is 2.83 bits per heavy atom. The molecule has 23 heavy (non-hydrogen) atoms. The van der Waals surface area contributed by atoms with Gasteiger partial charge in [0.05, 0.1) is 11.6 Å². The van der Waals surface area contributed by atoms with Gasteiger partial charge in [-0.25, -0.2) is 9.78 Å². The number of carbonyl (C=O) groups excluding carboxylic acids is 1. The highest BCUT2D eigenvalue weighted by Gasteiger charge is 2.12. The van der Waals surface area contributed by atoms with Crippen molar-refractivity contribution in [3.8, 4) is 5.88 Å². The van der Waals surface area contributed by atoms with E-state index in [1.807, 2.05) is 30.3 Å². The van der Waals surface area contributed by atoms with E-state index in [1.165, 1.54) is 11.3 Å². The van der Waals surface area contributed by atoms with Gasteiger partial charge in [0.1, 0.15) is 17.0 Å². The molecular formula is C15H12BrN3O3S. The van der Waals surface area contributed by atoms with Gasteiger partial charge in [0.2, 0.25) is 5.88 Å². The maximum absolute atomic E-state index is 11.8. The van der Waals surface area contributed by atoms with E-state index in [1.54, 1.807) is 13.2 Å². The van der Waals surface area contributed by atoms with Crippen LogP contribution < -0.4 is 10.1 Å². The first-order valence-corrected chi connectivity index (χ1v) is 8.25. The van der Waals surface area contributed by atoms with E-state index in [0.717, 1.165) is 5.56 Å². The lowest BCUT2D eigenvalue weighted by Crippen LogP contribution is -2.13. The number of thiazole rings is 1. The van der Waals surface area contributed by atoms with Gasteiger partial charge in [-0.05, 0) is 27.6 Å². The van der Waals surface area contributed by atoms with Gasteiger partial charge in [-0.1, -0.05) is 41.7 Å². The molecule has 118 valence electrons. The number of aromatic nitrogens is 2. The van der Waals surface area contributed by atoms with E-state index in [2.05, 4.69) is 31.2 Å². The molecule has 0 fully saturated rings. The highest BCUT2D eigenvalue weighted by molar-refractivity contribution is 9.10. The molecule has 3 aromatic rings. The summed E-state index contributed by atoms with van der Waals surface area (Å²) in [5, 5.41) is 3.03. The van der Waals surface area contributed by atoms with E-state index >= 15 is 0 Å². The number of nitrogens with zero attached hydrogens (tertiary/aromatic N) is 2. The number of carbonyl (C=O) groups is 1. The number of ether oxygens (including phenoxy) is 2. The number of pyridine rings is 1. The molecule has 0 saturated heterocycles. The van der Waals surface area contributed by atoms with Crippen molar-refractivity contribution >= 4 is 48.8 Å². The van der Waals surface area contributed by atoms with Crippen molar-refractivity contribution in [2.24, 2.45) is 0 Å². The second kappa shape index (κ2) is 6.93. The van der Waals surface area contributed by atoms with E-state index in [0.29, 0.717) is 25.8 Å². The SMILES string of the molecule is COc1nc2sc(NC(=O)OCc3ccccc3)nc2cc1Br. The van der Waals surface area contributed by atoms with Gasteiger partial charge >= 0.3 is 6.09 Å². The maximum atomic E-state index is 11.8. The molecule has 1 aromatic carbocycles. The third kappa shape index (κ3) is 3.77. The maximum Gasteiger partial charge on any atom is 0.413 e. The Hall–Kier alpha value is -2.19. The third-order valence-electron chi connectivity index (χ3n) is 2.92. The quantitative estimate of drug-likeness (QED) is 0.718. The largest absolute Gasteiger partial charge is 0.480 e. The van der Waals surface area contributed by atoms with E-state index in [9.17, 15) is 4.79 Å². The fourth-order valence-corrected chi connectivity index (χ4v) is 3.14. The van der Waals surface area contributed by atoms with Gasteiger partial charge < -0.3 is 9.47 Å². The second-order valence-electron chi connectivity index (χ2n) is 4.51. The molecule has 0 spiro atoms. The molecule has 3 rings (SSSR count). The van der Waals surface area contributed by atoms with Crippen LogP contribution in [-0.4, -0.2) is 23.2 Å². The minimum atomic E-state index is -0.557. The fourth-order valence-electron chi connectivity index (χ4n) is 1.87. The Morgan fingerprint density at radius 2 is 2.09 bits per heavy atom. The van der Waals surface area contributed by atoms with Crippen molar-refractivity contribution in [2.75, 3.05) is 12.4 Å². The van der Waals surface area contributed by atoms with Crippen LogP contribution >= 0.6 is 27.3 Å². The van der Waals surface area contributed by atoms with Crippen molar-refractivity contribution in [1.82, 2.24) is 9.97 Å². The Balaban J connectivity index is 1.67. The Morgan fingerprint density at radius 1 is 1.30 bits per heavy atom. The molecule has 0 aliphatic heterocycles. The molecule has 0 bridgehead atoms. The van der Waals surface area contributed by atoms with E-state index < -0.39 is 6.09 Å².